The molecule has 0 aromatic heterocycles. The Morgan fingerprint density at radius 2 is 1.73 bits per heavy atom. The molecule has 1 aliphatic heterocycles. The van der Waals surface area contributed by atoms with Crippen LogP contribution in [-0.2, 0) is 17.9 Å². The number of rotatable bonds is 7. The molecule has 166 valence electrons. The quantitative estimate of drug-likeness (QED) is 0.259. The molecule has 33 heavy (non-hydrogen) atoms. The van der Waals surface area contributed by atoms with Crippen molar-refractivity contribution < 1.29 is 23.6 Å². The molecule has 0 saturated carbocycles. The van der Waals surface area contributed by atoms with Crippen LogP contribution in [0.2, 0.25) is 0 Å². The topological polar surface area (TPSA) is 89.8 Å². The molecule has 1 saturated heterocycles. The third-order valence-electron chi connectivity index (χ3n) is 4.90. The van der Waals surface area contributed by atoms with Gasteiger partial charge in [-0.2, -0.15) is 0 Å². The van der Waals surface area contributed by atoms with E-state index in [1.165, 1.54) is 24.3 Å². The summed E-state index contributed by atoms with van der Waals surface area (Å²) < 4.78 is 19.4. The fourth-order valence-corrected chi connectivity index (χ4v) is 4.09. The number of imide groups is 1. The Morgan fingerprint density at radius 1 is 1.00 bits per heavy atom. The number of carbonyl (C=O) groups excluding carboxylic acids is 2. The van der Waals surface area contributed by atoms with Crippen molar-refractivity contribution >= 4 is 34.7 Å². The number of carbonyl (C=O) groups is 2. The lowest BCUT2D eigenvalue weighted by Gasteiger charge is -2.12. The predicted octanol–water partition coefficient (Wildman–Crippen LogP) is 5.55. The molecule has 9 heteroatoms. The van der Waals surface area contributed by atoms with Crippen molar-refractivity contribution in [3.05, 3.63) is 110 Å². The average Bonchev–Trinajstić information content (AvgIpc) is 3.06. The lowest BCUT2D eigenvalue weighted by molar-refractivity contribution is -0.385. The number of amides is 2. The number of nitro benzene ring substituents is 1. The van der Waals surface area contributed by atoms with E-state index in [0.717, 1.165) is 16.7 Å². The molecule has 4 rings (SSSR count). The van der Waals surface area contributed by atoms with E-state index in [1.807, 2.05) is 0 Å². The van der Waals surface area contributed by atoms with Crippen LogP contribution in [0.4, 0.5) is 14.9 Å². The largest absolute Gasteiger partial charge is 0.489 e. The Kier molecular flexibility index (Phi) is 6.50. The van der Waals surface area contributed by atoms with Gasteiger partial charge in [-0.3, -0.25) is 24.6 Å². The first-order valence-electron chi connectivity index (χ1n) is 9.86. The van der Waals surface area contributed by atoms with Gasteiger partial charge in [-0.05, 0) is 41.6 Å². The summed E-state index contributed by atoms with van der Waals surface area (Å²) in [6.07, 6.45) is 1.56. The van der Waals surface area contributed by atoms with Crippen LogP contribution in [0.25, 0.3) is 6.08 Å². The molecular weight excluding hydrogens is 447 g/mol. The highest BCUT2D eigenvalue weighted by atomic mass is 32.2. The maximum atomic E-state index is 13.8. The first-order valence-corrected chi connectivity index (χ1v) is 10.7. The van der Waals surface area contributed by atoms with E-state index in [0.29, 0.717) is 16.9 Å². The summed E-state index contributed by atoms with van der Waals surface area (Å²) in [5, 5.41) is 10.7. The second-order valence-electron chi connectivity index (χ2n) is 7.11. The van der Waals surface area contributed by atoms with E-state index in [-0.39, 0.29) is 35.1 Å². The Labute approximate surface area is 192 Å². The van der Waals surface area contributed by atoms with E-state index in [4.69, 9.17) is 4.74 Å². The fourth-order valence-electron chi connectivity index (χ4n) is 3.25. The van der Waals surface area contributed by atoms with Crippen molar-refractivity contribution in [1.82, 2.24) is 4.90 Å². The lowest BCUT2D eigenvalue weighted by atomic mass is 10.1. The normalized spacial score (nSPS) is 14.7. The van der Waals surface area contributed by atoms with E-state index < -0.39 is 16.1 Å². The number of thioether (sulfide) groups is 1. The van der Waals surface area contributed by atoms with Crippen molar-refractivity contribution in [2.24, 2.45) is 0 Å². The Bertz CT molecular complexity index is 1280. The highest BCUT2D eigenvalue weighted by Crippen LogP contribution is 2.34. The van der Waals surface area contributed by atoms with Crippen LogP contribution in [0.15, 0.2) is 77.7 Å². The molecule has 0 aliphatic carbocycles. The zero-order valence-corrected chi connectivity index (χ0v) is 18.0. The monoisotopic (exact) mass is 464 g/mol. The molecular formula is C24H17FN2O5S. The van der Waals surface area contributed by atoms with Gasteiger partial charge in [0.05, 0.1) is 16.4 Å². The van der Waals surface area contributed by atoms with Gasteiger partial charge in [0, 0.05) is 17.2 Å². The standard InChI is InChI=1S/C24H17FN2O5S/c25-20-10-3-1-8-18(20)15-32-19-9-5-6-16(12-19)13-22-23(28)26(24(29)33-22)14-17-7-2-4-11-21(17)27(30)31/h1-13H,14-15H2/b22-13-. The van der Waals surface area contributed by atoms with Gasteiger partial charge in [-0.1, -0.05) is 48.5 Å². The SMILES string of the molecule is O=C1S/C(=C\c2cccc(OCc3ccccc3F)c2)C(=O)N1Cc1ccccc1[N+](=O)[O-]. The van der Waals surface area contributed by atoms with Crippen molar-refractivity contribution in [1.29, 1.82) is 0 Å². The number of benzene rings is 3. The second kappa shape index (κ2) is 9.66. The Balaban J connectivity index is 1.49. The molecule has 2 amide bonds. The van der Waals surface area contributed by atoms with Crippen LogP contribution in [0.5, 0.6) is 5.75 Å². The second-order valence-corrected chi connectivity index (χ2v) is 8.10. The van der Waals surface area contributed by atoms with Gasteiger partial charge in [-0.15, -0.1) is 0 Å². The third kappa shape index (κ3) is 5.09. The number of nitro groups is 1. The zero-order chi connectivity index (χ0) is 23.4. The van der Waals surface area contributed by atoms with E-state index in [1.54, 1.807) is 54.6 Å². The van der Waals surface area contributed by atoms with Gasteiger partial charge in [-0.25, -0.2) is 4.39 Å². The van der Waals surface area contributed by atoms with Gasteiger partial charge >= 0.3 is 0 Å². The van der Waals surface area contributed by atoms with E-state index >= 15 is 0 Å². The Morgan fingerprint density at radius 3 is 2.48 bits per heavy atom. The smallest absolute Gasteiger partial charge is 0.293 e. The first-order chi connectivity index (χ1) is 15.9. The summed E-state index contributed by atoms with van der Waals surface area (Å²) in [7, 11) is 0. The third-order valence-corrected chi connectivity index (χ3v) is 5.81. The molecule has 1 fully saturated rings. The molecule has 0 bridgehead atoms. The van der Waals surface area contributed by atoms with Crippen LogP contribution >= 0.6 is 11.8 Å². The van der Waals surface area contributed by atoms with Crippen LogP contribution in [0.1, 0.15) is 16.7 Å². The van der Waals surface area contributed by atoms with Crippen LogP contribution in [0.3, 0.4) is 0 Å². The molecule has 0 unspecified atom stereocenters. The van der Waals surface area contributed by atoms with Crippen molar-refractivity contribution in [2.45, 2.75) is 13.2 Å². The van der Waals surface area contributed by atoms with Gasteiger partial charge in [0.15, 0.2) is 0 Å². The fraction of sp³-hybridized carbons (Fsp3) is 0.0833. The summed E-state index contributed by atoms with van der Waals surface area (Å²) in [6.45, 7) is -0.145. The molecule has 0 spiro atoms. The van der Waals surface area contributed by atoms with Gasteiger partial charge in [0.25, 0.3) is 16.8 Å². The van der Waals surface area contributed by atoms with E-state index in [9.17, 15) is 24.1 Å². The average molecular weight is 464 g/mol. The van der Waals surface area contributed by atoms with Crippen LogP contribution < -0.4 is 4.74 Å². The zero-order valence-electron chi connectivity index (χ0n) is 17.1. The van der Waals surface area contributed by atoms with Crippen LogP contribution in [-0.4, -0.2) is 21.0 Å². The number of para-hydroxylation sites is 1. The number of hydrogen-bond acceptors (Lipinski definition) is 6. The molecule has 1 heterocycles. The van der Waals surface area contributed by atoms with Crippen molar-refractivity contribution in [3.63, 3.8) is 0 Å². The molecule has 0 N–H and O–H groups in total. The minimum Gasteiger partial charge on any atom is -0.489 e. The van der Waals surface area contributed by atoms with Crippen molar-refractivity contribution in [2.75, 3.05) is 0 Å². The summed E-state index contributed by atoms with van der Waals surface area (Å²) >= 11 is 0.766. The summed E-state index contributed by atoms with van der Waals surface area (Å²) in [6, 6.07) is 19.1. The summed E-state index contributed by atoms with van der Waals surface area (Å²) in [5.74, 6) is -0.409. The number of hydrogen-bond donors (Lipinski definition) is 0. The molecule has 3 aromatic carbocycles. The minimum atomic E-state index is -0.545. The molecule has 0 atom stereocenters. The summed E-state index contributed by atoms with van der Waals surface area (Å²) in [5.41, 5.74) is 1.16. The maximum absolute atomic E-state index is 13.8. The van der Waals surface area contributed by atoms with Crippen molar-refractivity contribution in [3.8, 4) is 5.75 Å². The predicted molar refractivity (Wildman–Crippen MR) is 122 cm³/mol. The van der Waals surface area contributed by atoms with Crippen LogP contribution in [0, 0.1) is 15.9 Å². The Hall–Kier alpha value is -3.98. The summed E-state index contributed by atoms with van der Waals surface area (Å²) in [4.78, 5) is 37.1. The van der Waals surface area contributed by atoms with Gasteiger partial charge in [0.2, 0.25) is 0 Å². The highest BCUT2D eigenvalue weighted by molar-refractivity contribution is 8.18. The molecule has 7 nitrogen and oxygen atoms in total. The number of halogens is 1. The highest BCUT2D eigenvalue weighted by Gasteiger charge is 2.36. The number of ether oxygens (including phenoxy) is 1. The number of nitrogens with zero attached hydrogens (tertiary/aromatic N) is 2. The van der Waals surface area contributed by atoms with E-state index in [2.05, 4.69) is 0 Å². The maximum Gasteiger partial charge on any atom is 0.293 e. The molecule has 0 radical (unpaired) electrons. The van der Waals surface area contributed by atoms with Gasteiger partial charge in [0.1, 0.15) is 18.2 Å². The lowest BCUT2D eigenvalue weighted by Crippen LogP contribution is -2.27. The molecule has 3 aromatic rings. The van der Waals surface area contributed by atoms with Gasteiger partial charge < -0.3 is 4.74 Å². The first kappa shape index (κ1) is 22.2. The minimum absolute atomic E-state index is 0.0441. The molecule has 1 aliphatic rings.